The molecule has 0 aliphatic heterocycles. The summed E-state index contributed by atoms with van der Waals surface area (Å²) < 4.78 is 0. The van der Waals surface area contributed by atoms with E-state index in [1.165, 1.54) is 57.8 Å². The lowest BCUT2D eigenvalue weighted by Crippen LogP contribution is -1.83. The molecule has 15 heavy (non-hydrogen) atoms. The van der Waals surface area contributed by atoms with Crippen LogP contribution in [-0.2, 0) is 4.79 Å². The van der Waals surface area contributed by atoms with Crippen LogP contribution < -0.4 is 0 Å². The number of hydrogen-bond acceptors (Lipinski definition) is 1. The van der Waals surface area contributed by atoms with Crippen molar-refractivity contribution in [1.29, 1.82) is 0 Å². The summed E-state index contributed by atoms with van der Waals surface area (Å²) in [7, 11) is 0. The van der Waals surface area contributed by atoms with Gasteiger partial charge in [0.2, 0.25) is 0 Å². The molecule has 0 radical (unpaired) electrons. The third-order valence-electron chi connectivity index (χ3n) is 2.71. The maximum Gasteiger partial charge on any atom is 0.119 e. The maximum atomic E-state index is 10.1. The number of halogens is 1. The predicted octanol–water partition coefficient (Wildman–Crippen LogP) is 4.72. The van der Waals surface area contributed by atoms with E-state index >= 15 is 0 Å². The molecule has 0 fully saturated rings. The molecule has 0 unspecified atom stereocenters. The lowest BCUT2D eigenvalue weighted by molar-refractivity contribution is -0.107. The van der Waals surface area contributed by atoms with Crippen LogP contribution in [0, 0.1) is 0 Å². The normalized spacial score (nSPS) is 10.5. The summed E-state index contributed by atoms with van der Waals surface area (Å²) in [6.07, 6.45) is 14.6. The molecule has 0 atom stereocenters. The summed E-state index contributed by atoms with van der Waals surface area (Å²) in [6.45, 7) is 0. The minimum absolute atomic E-state index is 0.748. The van der Waals surface area contributed by atoms with Crippen molar-refractivity contribution in [1.82, 2.24) is 0 Å². The molecule has 0 amide bonds. The number of carbonyl (C=O) groups excluding carboxylic acids is 1. The molecular formula is C13H25ClO. The Balaban J connectivity index is 2.83. The fourth-order valence-corrected chi connectivity index (χ4v) is 1.93. The lowest BCUT2D eigenvalue weighted by atomic mass is 10.1. The number of alkyl halides is 1. The third kappa shape index (κ3) is 14.0. The molecule has 0 aliphatic rings. The minimum atomic E-state index is 0.748. The van der Waals surface area contributed by atoms with Gasteiger partial charge in [-0.1, -0.05) is 51.4 Å². The first kappa shape index (κ1) is 15.0. The molecule has 0 heterocycles. The molecule has 0 saturated carbocycles. The van der Waals surface area contributed by atoms with Crippen molar-refractivity contribution in [2.24, 2.45) is 0 Å². The monoisotopic (exact) mass is 232 g/mol. The fourth-order valence-electron chi connectivity index (χ4n) is 1.74. The highest BCUT2D eigenvalue weighted by atomic mass is 35.5. The van der Waals surface area contributed by atoms with Gasteiger partial charge in [-0.2, -0.15) is 0 Å². The molecule has 2 heteroatoms. The number of rotatable bonds is 12. The molecule has 0 aliphatic carbocycles. The molecular weight excluding hydrogens is 208 g/mol. The van der Waals surface area contributed by atoms with Crippen LogP contribution in [0.3, 0.4) is 0 Å². The van der Waals surface area contributed by atoms with E-state index in [9.17, 15) is 4.79 Å². The second kappa shape index (κ2) is 14.0. The highest BCUT2D eigenvalue weighted by Crippen LogP contribution is 2.11. The highest BCUT2D eigenvalue weighted by molar-refractivity contribution is 6.17. The summed E-state index contributed by atoms with van der Waals surface area (Å²) in [5, 5.41) is 0. The Morgan fingerprint density at radius 2 is 1.07 bits per heavy atom. The first-order valence-corrected chi connectivity index (χ1v) is 6.95. The van der Waals surface area contributed by atoms with Gasteiger partial charge in [0, 0.05) is 12.3 Å². The van der Waals surface area contributed by atoms with Gasteiger partial charge in [-0.3, -0.25) is 0 Å². The van der Waals surface area contributed by atoms with E-state index in [4.69, 9.17) is 11.6 Å². The highest BCUT2D eigenvalue weighted by Gasteiger charge is 1.92. The average molecular weight is 233 g/mol. The second-order valence-electron chi connectivity index (χ2n) is 4.18. The Morgan fingerprint density at radius 1 is 0.667 bits per heavy atom. The minimum Gasteiger partial charge on any atom is -0.303 e. The second-order valence-corrected chi connectivity index (χ2v) is 4.56. The van der Waals surface area contributed by atoms with E-state index in [-0.39, 0.29) is 0 Å². The molecule has 0 rings (SSSR count). The number of carbonyl (C=O) groups is 1. The summed E-state index contributed by atoms with van der Waals surface area (Å²) >= 11 is 5.60. The van der Waals surface area contributed by atoms with Crippen molar-refractivity contribution in [3.8, 4) is 0 Å². The van der Waals surface area contributed by atoms with Gasteiger partial charge in [0.25, 0.3) is 0 Å². The Labute approximate surface area is 99.6 Å². The van der Waals surface area contributed by atoms with Gasteiger partial charge in [0.05, 0.1) is 0 Å². The van der Waals surface area contributed by atoms with Gasteiger partial charge in [-0.25, -0.2) is 0 Å². The maximum absolute atomic E-state index is 10.1. The van der Waals surface area contributed by atoms with Gasteiger partial charge < -0.3 is 4.79 Å². The summed E-state index contributed by atoms with van der Waals surface area (Å²) in [5.41, 5.74) is 0. The smallest absolute Gasteiger partial charge is 0.119 e. The van der Waals surface area contributed by atoms with Gasteiger partial charge in [-0.15, -0.1) is 11.6 Å². The number of hydrogen-bond donors (Lipinski definition) is 0. The zero-order valence-corrected chi connectivity index (χ0v) is 10.6. The van der Waals surface area contributed by atoms with Crippen LogP contribution in [0.15, 0.2) is 0 Å². The first-order valence-electron chi connectivity index (χ1n) is 6.41. The molecule has 90 valence electrons. The van der Waals surface area contributed by atoms with Crippen molar-refractivity contribution in [2.45, 2.75) is 70.6 Å². The number of unbranched alkanes of at least 4 members (excludes halogenated alkanes) is 10. The quantitative estimate of drug-likeness (QED) is 0.270. The lowest BCUT2D eigenvalue weighted by Gasteiger charge is -2.01. The number of aldehydes is 1. The van der Waals surface area contributed by atoms with Crippen molar-refractivity contribution >= 4 is 17.9 Å². The molecule has 0 aromatic rings. The summed E-state index contributed by atoms with van der Waals surface area (Å²) in [5.74, 6) is 0.816. The van der Waals surface area contributed by atoms with Crippen molar-refractivity contribution in [3.63, 3.8) is 0 Å². The Hall–Kier alpha value is -0.0400. The average Bonchev–Trinajstić information content (AvgIpc) is 2.26. The van der Waals surface area contributed by atoms with E-state index in [2.05, 4.69) is 0 Å². The first-order chi connectivity index (χ1) is 7.41. The van der Waals surface area contributed by atoms with E-state index in [1.807, 2.05) is 0 Å². The van der Waals surface area contributed by atoms with Gasteiger partial charge in [0.1, 0.15) is 6.29 Å². The fraction of sp³-hybridized carbons (Fsp3) is 0.923. The van der Waals surface area contributed by atoms with Crippen LogP contribution in [0.25, 0.3) is 0 Å². The van der Waals surface area contributed by atoms with Gasteiger partial charge >= 0.3 is 0 Å². The predicted molar refractivity (Wildman–Crippen MR) is 67.6 cm³/mol. The third-order valence-corrected chi connectivity index (χ3v) is 2.97. The van der Waals surface area contributed by atoms with Gasteiger partial charge in [-0.05, 0) is 12.8 Å². The molecule has 0 N–H and O–H groups in total. The Morgan fingerprint density at radius 3 is 1.47 bits per heavy atom. The zero-order chi connectivity index (χ0) is 11.2. The van der Waals surface area contributed by atoms with Crippen molar-refractivity contribution in [2.75, 3.05) is 5.88 Å². The molecule has 1 nitrogen and oxygen atoms in total. The van der Waals surface area contributed by atoms with E-state index < -0.39 is 0 Å². The van der Waals surface area contributed by atoms with Gasteiger partial charge in [0.15, 0.2) is 0 Å². The van der Waals surface area contributed by atoms with Crippen LogP contribution >= 0.6 is 11.6 Å². The standard InChI is InChI=1S/C13H25ClO/c14-12-10-8-6-4-2-1-3-5-7-9-11-13-15/h13H,1-12H2. The topological polar surface area (TPSA) is 17.1 Å². The summed E-state index contributed by atoms with van der Waals surface area (Å²) in [6, 6.07) is 0. The zero-order valence-electron chi connectivity index (χ0n) is 9.85. The molecule has 0 bridgehead atoms. The van der Waals surface area contributed by atoms with Crippen molar-refractivity contribution < 1.29 is 4.79 Å². The Bertz CT molecular complexity index is 126. The van der Waals surface area contributed by atoms with Crippen molar-refractivity contribution in [3.05, 3.63) is 0 Å². The van der Waals surface area contributed by atoms with E-state index in [1.54, 1.807) is 0 Å². The Kier molecular flexibility index (Phi) is 13.9. The molecule has 0 aromatic carbocycles. The van der Waals surface area contributed by atoms with Crippen LogP contribution in [0.2, 0.25) is 0 Å². The summed E-state index contributed by atoms with van der Waals surface area (Å²) in [4.78, 5) is 10.1. The van der Waals surface area contributed by atoms with Crippen LogP contribution in [0.5, 0.6) is 0 Å². The molecule has 0 aromatic heterocycles. The van der Waals surface area contributed by atoms with E-state index in [0.29, 0.717) is 0 Å². The van der Waals surface area contributed by atoms with Crippen LogP contribution in [-0.4, -0.2) is 12.2 Å². The van der Waals surface area contributed by atoms with E-state index in [0.717, 1.165) is 25.0 Å². The largest absolute Gasteiger partial charge is 0.303 e. The van der Waals surface area contributed by atoms with Crippen LogP contribution in [0.4, 0.5) is 0 Å². The SMILES string of the molecule is O=CCCCCCCCCCCCCCl. The van der Waals surface area contributed by atoms with Crippen LogP contribution in [0.1, 0.15) is 70.6 Å². The molecule has 0 saturated heterocycles. The molecule has 0 spiro atoms.